The summed E-state index contributed by atoms with van der Waals surface area (Å²) in [5.41, 5.74) is 2.65. The summed E-state index contributed by atoms with van der Waals surface area (Å²) in [5, 5.41) is 12.9. The molecule has 0 aromatic heterocycles. The summed E-state index contributed by atoms with van der Waals surface area (Å²) in [4.78, 5) is 2.44. The van der Waals surface area contributed by atoms with Gasteiger partial charge >= 0.3 is 0 Å². The van der Waals surface area contributed by atoms with Gasteiger partial charge in [-0.3, -0.25) is 0 Å². The fraction of sp³-hybridized carbons (Fsp3) is 0.700. The number of piperidine rings is 1. The van der Waals surface area contributed by atoms with E-state index in [1.807, 2.05) is 0 Å². The molecule has 134 valence electrons. The summed E-state index contributed by atoms with van der Waals surface area (Å²) in [6.07, 6.45) is 5.11. The number of ether oxygens (including phenoxy) is 1. The zero-order valence-corrected chi connectivity index (χ0v) is 15.1. The molecule has 2 saturated heterocycles. The minimum Gasteiger partial charge on any atom is -0.396 e. The van der Waals surface area contributed by atoms with E-state index in [2.05, 4.69) is 48.3 Å². The summed E-state index contributed by atoms with van der Waals surface area (Å²) < 4.78 is 5.81. The van der Waals surface area contributed by atoms with Crippen molar-refractivity contribution in [3.63, 3.8) is 0 Å². The van der Waals surface area contributed by atoms with E-state index in [9.17, 15) is 5.11 Å². The predicted octanol–water partition coefficient (Wildman–Crippen LogP) is 2.94. The minimum atomic E-state index is 0.335. The van der Waals surface area contributed by atoms with Crippen LogP contribution >= 0.6 is 0 Å². The summed E-state index contributed by atoms with van der Waals surface area (Å²) in [6.45, 7) is 7.71. The van der Waals surface area contributed by atoms with Crippen molar-refractivity contribution in [2.24, 2.45) is 5.92 Å². The standard InChI is InChI=1S/C20H32N2O2/c1-15-11-19(12-16(2)24-15)21-13-17-3-5-20(6-4-17)22-9-7-18(14-23)8-10-22/h3-6,15-16,18-19,21,23H,7-14H2,1-2H3. The molecule has 3 rings (SSSR count). The zero-order valence-electron chi connectivity index (χ0n) is 15.1. The Balaban J connectivity index is 1.48. The van der Waals surface area contributed by atoms with Crippen LogP contribution in [0.3, 0.4) is 0 Å². The van der Waals surface area contributed by atoms with E-state index in [1.165, 1.54) is 11.3 Å². The Hall–Kier alpha value is -1.10. The van der Waals surface area contributed by atoms with Crippen LogP contribution in [0.2, 0.25) is 0 Å². The Morgan fingerprint density at radius 1 is 1.08 bits per heavy atom. The highest BCUT2D eigenvalue weighted by Crippen LogP contribution is 2.24. The summed E-state index contributed by atoms with van der Waals surface area (Å²) in [5.74, 6) is 0.494. The van der Waals surface area contributed by atoms with Crippen LogP contribution in [0.5, 0.6) is 0 Å². The van der Waals surface area contributed by atoms with Crippen LogP contribution in [0.15, 0.2) is 24.3 Å². The quantitative estimate of drug-likeness (QED) is 0.870. The number of hydrogen-bond acceptors (Lipinski definition) is 4. The number of aliphatic hydroxyl groups is 1. The van der Waals surface area contributed by atoms with Gasteiger partial charge in [0, 0.05) is 38.0 Å². The average molecular weight is 332 g/mol. The lowest BCUT2D eigenvalue weighted by atomic mass is 9.97. The third kappa shape index (κ3) is 4.71. The molecule has 24 heavy (non-hydrogen) atoms. The molecular formula is C20H32N2O2. The molecule has 0 radical (unpaired) electrons. The van der Waals surface area contributed by atoms with Crippen molar-refractivity contribution in [3.05, 3.63) is 29.8 Å². The van der Waals surface area contributed by atoms with Gasteiger partial charge < -0.3 is 20.1 Å². The van der Waals surface area contributed by atoms with Gasteiger partial charge in [-0.1, -0.05) is 12.1 Å². The van der Waals surface area contributed by atoms with Crippen molar-refractivity contribution >= 4 is 5.69 Å². The van der Waals surface area contributed by atoms with E-state index in [-0.39, 0.29) is 0 Å². The van der Waals surface area contributed by atoms with E-state index < -0.39 is 0 Å². The summed E-state index contributed by atoms with van der Waals surface area (Å²) >= 11 is 0. The Labute approximate surface area is 146 Å². The molecule has 0 spiro atoms. The monoisotopic (exact) mass is 332 g/mol. The highest BCUT2D eigenvalue weighted by atomic mass is 16.5. The number of aliphatic hydroxyl groups excluding tert-OH is 1. The van der Waals surface area contributed by atoms with Crippen LogP contribution in [0.1, 0.15) is 45.1 Å². The summed E-state index contributed by atoms with van der Waals surface area (Å²) in [6, 6.07) is 9.53. The second kappa shape index (κ2) is 8.32. The maximum Gasteiger partial charge on any atom is 0.0565 e. The van der Waals surface area contributed by atoms with Gasteiger partial charge in [0.2, 0.25) is 0 Å². The Kier molecular flexibility index (Phi) is 6.14. The molecule has 2 heterocycles. The number of anilines is 1. The van der Waals surface area contributed by atoms with Gasteiger partial charge in [0.1, 0.15) is 0 Å². The second-order valence-electron chi connectivity index (χ2n) is 7.59. The second-order valence-corrected chi connectivity index (χ2v) is 7.59. The molecule has 4 nitrogen and oxygen atoms in total. The van der Waals surface area contributed by atoms with Crippen molar-refractivity contribution < 1.29 is 9.84 Å². The van der Waals surface area contributed by atoms with E-state index in [0.29, 0.717) is 30.8 Å². The summed E-state index contributed by atoms with van der Waals surface area (Å²) in [7, 11) is 0. The molecule has 2 aliphatic heterocycles. The Bertz CT molecular complexity index is 487. The molecule has 2 fully saturated rings. The van der Waals surface area contributed by atoms with Gasteiger partial charge in [0.25, 0.3) is 0 Å². The van der Waals surface area contributed by atoms with Crippen LogP contribution < -0.4 is 10.2 Å². The van der Waals surface area contributed by atoms with Gasteiger partial charge in [-0.25, -0.2) is 0 Å². The Morgan fingerprint density at radius 3 is 2.29 bits per heavy atom. The molecule has 4 heteroatoms. The predicted molar refractivity (Wildman–Crippen MR) is 98.3 cm³/mol. The number of nitrogens with zero attached hydrogens (tertiary/aromatic N) is 1. The lowest BCUT2D eigenvalue weighted by Gasteiger charge is -2.33. The SMILES string of the molecule is CC1CC(NCc2ccc(N3CCC(CO)CC3)cc2)CC(C)O1. The largest absolute Gasteiger partial charge is 0.396 e. The highest BCUT2D eigenvalue weighted by Gasteiger charge is 2.24. The van der Waals surface area contributed by atoms with Crippen LogP contribution in [0.4, 0.5) is 5.69 Å². The van der Waals surface area contributed by atoms with Gasteiger partial charge in [-0.05, 0) is 63.1 Å². The first-order valence-corrected chi connectivity index (χ1v) is 9.47. The number of benzene rings is 1. The van der Waals surface area contributed by atoms with Crippen molar-refractivity contribution in [2.45, 2.75) is 64.3 Å². The lowest BCUT2D eigenvalue weighted by Crippen LogP contribution is -2.40. The molecule has 2 unspecified atom stereocenters. The first-order valence-electron chi connectivity index (χ1n) is 9.47. The molecule has 1 aromatic rings. The molecule has 0 saturated carbocycles. The van der Waals surface area contributed by atoms with E-state index in [1.54, 1.807) is 0 Å². The zero-order chi connectivity index (χ0) is 16.9. The maximum atomic E-state index is 9.25. The Morgan fingerprint density at radius 2 is 1.71 bits per heavy atom. The van der Waals surface area contributed by atoms with E-state index >= 15 is 0 Å². The van der Waals surface area contributed by atoms with Gasteiger partial charge in [-0.2, -0.15) is 0 Å². The number of hydrogen-bond donors (Lipinski definition) is 2. The molecule has 1 aromatic carbocycles. The third-order valence-corrected chi connectivity index (χ3v) is 5.47. The van der Waals surface area contributed by atoms with E-state index in [0.717, 1.165) is 45.3 Å². The van der Waals surface area contributed by atoms with Crippen molar-refractivity contribution in [3.8, 4) is 0 Å². The molecule has 0 aliphatic carbocycles. The maximum absolute atomic E-state index is 9.25. The van der Waals surface area contributed by atoms with Gasteiger partial charge in [0.15, 0.2) is 0 Å². The third-order valence-electron chi connectivity index (χ3n) is 5.47. The molecule has 0 bridgehead atoms. The van der Waals surface area contributed by atoms with Crippen LogP contribution in [-0.4, -0.2) is 43.1 Å². The van der Waals surface area contributed by atoms with Crippen LogP contribution in [0, 0.1) is 5.92 Å². The first kappa shape index (κ1) is 17.7. The molecule has 2 atom stereocenters. The smallest absolute Gasteiger partial charge is 0.0565 e. The van der Waals surface area contributed by atoms with Crippen LogP contribution in [0.25, 0.3) is 0 Å². The van der Waals surface area contributed by atoms with Gasteiger partial charge in [0.05, 0.1) is 12.2 Å². The minimum absolute atomic E-state index is 0.335. The fourth-order valence-electron chi connectivity index (χ4n) is 4.03. The van der Waals surface area contributed by atoms with Crippen molar-refractivity contribution in [2.75, 3.05) is 24.6 Å². The lowest BCUT2D eigenvalue weighted by molar-refractivity contribution is -0.0422. The van der Waals surface area contributed by atoms with Crippen molar-refractivity contribution in [1.82, 2.24) is 5.32 Å². The highest BCUT2D eigenvalue weighted by molar-refractivity contribution is 5.48. The molecule has 2 aliphatic rings. The molecule has 0 amide bonds. The number of nitrogens with one attached hydrogen (secondary N) is 1. The first-order chi connectivity index (χ1) is 11.6. The van der Waals surface area contributed by atoms with Crippen LogP contribution in [-0.2, 0) is 11.3 Å². The van der Waals surface area contributed by atoms with E-state index in [4.69, 9.17) is 4.74 Å². The topological polar surface area (TPSA) is 44.7 Å². The van der Waals surface area contributed by atoms with Gasteiger partial charge in [-0.15, -0.1) is 0 Å². The molecule has 2 N–H and O–H groups in total. The van der Waals surface area contributed by atoms with Crippen molar-refractivity contribution in [1.29, 1.82) is 0 Å². The normalized spacial score (nSPS) is 29.0. The molecular weight excluding hydrogens is 300 g/mol. The fourth-order valence-corrected chi connectivity index (χ4v) is 4.03. The number of rotatable bonds is 5. The average Bonchev–Trinajstić information content (AvgIpc) is 2.60.